The summed E-state index contributed by atoms with van der Waals surface area (Å²) in [7, 11) is -9.44. The third-order valence-electron chi connectivity index (χ3n) is 14.1. The third-order valence-corrected chi connectivity index (χ3v) is 16.9. The fourth-order valence-electron chi connectivity index (χ4n) is 9.59. The summed E-state index contributed by atoms with van der Waals surface area (Å²) in [5.74, 6) is 0. The molecule has 0 aromatic heterocycles. The van der Waals surface area contributed by atoms with Crippen LogP contribution in [0.4, 0.5) is 4.79 Å². The Balaban J connectivity index is 1.09. The number of benzene rings is 8. The molecule has 86 heavy (non-hydrogen) atoms. The van der Waals surface area contributed by atoms with Gasteiger partial charge in [-0.3, -0.25) is 27.1 Å². The van der Waals surface area contributed by atoms with E-state index >= 15 is 9.13 Å². The maximum atomic E-state index is 16.0. The maximum absolute atomic E-state index is 16.0. The first kappa shape index (κ1) is 63.6. The number of carbonyl (C=O) groups is 1. The molecule has 1 amide bonds. The van der Waals surface area contributed by atoms with Gasteiger partial charge >= 0.3 is 21.7 Å². The van der Waals surface area contributed by atoms with Gasteiger partial charge in [-0.2, -0.15) is 0 Å². The van der Waals surface area contributed by atoms with Gasteiger partial charge in [0.05, 0.1) is 52.9 Å². The monoisotopic (exact) mass is 1200 g/mol. The second kappa shape index (κ2) is 34.4. The zero-order chi connectivity index (χ0) is 59.3. The summed E-state index contributed by atoms with van der Waals surface area (Å²) < 4.78 is 105. The lowest BCUT2D eigenvalue weighted by molar-refractivity contribution is -0.268. The number of nitrogens with one attached hydrogen (secondary N) is 1. The van der Waals surface area contributed by atoms with Crippen molar-refractivity contribution in [2.75, 3.05) is 13.2 Å². The van der Waals surface area contributed by atoms with Crippen molar-refractivity contribution in [2.24, 2.45) is 0 Å². The number of phosphoric acid groups is 2. The van der Waals surface area contributed by atoms with Crippen LogP contribution in [-0.2, 0) is 113 Å². The van der Waals surface area contributed by atoms with E-state index in [1.807, 2.05) is 243 Å². The Bertz CT molecular complexity index is 3210. The second-order valence-corrected chi connectivity index (χ2v) is 23.8. The van der Waals surface area contributed by atoms with Crippen LogP contribution >= 0.6 is 15.6 Å². The minimum Gasteiger partial charge on any atom is -0.445 e. The van der Waals surface area contributed by atoms with Crippen molar-refractivity contribution >= 4 is 21.7 Å². The van der Waals surface area contributed by atoms with E-state index in [-0.39, 0.29) is 59.5 Å². The summed E-state index contributed by atoms with van der Waals surface area (Å²) in [5.41, 5.74) is 6.27. The molecule has 0 saturated heterocycles. The summed E-state index contributed by atoms with van der Waals surface area (Å²) in [6.45, 7) is 0.149. The average Bonchev–Trinajstić information content (AvgIpc) is 0.933. The molecular weight excluding hydrogens is 1130 g/mol. The molecule has 1 fully saturated rings. The first-order valence-electron chi connectivity index (χ1n) is 29.1. The van der Waals surface area contributed by atoms with E-state index in [0.29, 0.717) is 48.9 Å². The van der Waals surface area contributed by atoms with Gasteiger partial charge in [-0.15, -0.1) is 0 Å². The van der Waals surface area contributed by atoms with Gasteiger partial charge in [-0.25, -0.2) is 13.9 Å². The van der Waals surface area contributed by atoms with E-state index < -0.39 is 58.4 Å². The van der Waals surface area contributed by atoms with Gasteiger partial charge in [-0.05, 0) is 57.3 Å². The molecule has 0 radical (unpaired) electrons. The molecule has 0 heterocycles. The molecule has 450 valence electrons. The topological polar surface area (TPSA) is 165 Å². The molecule has 17 heteroatoms. The lowest BCUT2D eigenvalue weighted by Crippen LogP contribution is -2.67. The molecule has 9 rings (SSSR count). The van der Waals surface area contributed by atoms with Crippen LogP contribution in [0.15, 0.2) is 243 Å². The summed E-state index contributed by atoms with van der Waals surface area (Å²) in [5, 5.41) is 2.82. The van der Waals surface area contributed by atoms with E-state index in [9.17, 15) is 4.79 Å². The van der Waals surface area contributed by atoms with Crippen molar-refractivity contribution in [1.82, 2.24) is 5.32 Å². The molecule has 8 aromatic carbocycles. The Morgan fingerprint density at radius 1 is 0.302 bits per heavy atom. The Labute approximate surface area is 505 Å². The van der Waals surface area contributed by atoms with Gasteiger partial charge in [-0.1, -0.05) is 255 Å². The number of rotatable bonds is 35. The normalized spacial score (nSPS) is 18.4. The van der Waals surface area contributed by atoms with Gasteiger partial charge in [0, 0.05) is 6.54 Å². The minimum atomic E-state index is -4.73. The fraction of sp³-hybridized carbons (Fsp3) is 0.290. The van der Waals surface area contributed by atoms with Crippen molar-refractivity contribution in [2.45, 2.75) is 115 Å². The summed E-state index contributed by atoms with van der Waals surface area (Å²) in [4.78, 5) is 12.5. The average molecular weight is 1200 g/mol. The summed E-state index contributed by atoms with van der Waals surface area (Å²) in [6.07, 6.45) is -5.82. The highest BCUT2D eigenvalue weighted by molar-refractivity contribution is 7.48. The van der Waals surface area contributed by atoms with Crippen molar-refractivity contribution in [3.8, 4) is 0 Å². The molecule has 1 unspecified atom stereocenters. The fourth-order valence-corrected chi connectivity index (χ4v) is 12.3. The van der Waals surface area contributed by atoms with Gasteiger partial charge in [0.15, 0.2) is 0 Å². The molecule has 1 saturated carbocycles. The van der Waals surface area contributed by atoms with Crippen LogP contribution in [0.1, 0.15) is 70.2 Å². The van der Waals surface area contributed by atoms with Crippen molar-refractivity contribution < 1.29 is 64.8 Å². The predicted molar refractivity (Wildman–Crippen MR) is 328 cm³/mol. The minimum absolute atomic E-state index is 0.0345. The van der Waals surface area contributed by atoms with Crippen LogP contribution in [0.5, 0.6) is 0 Å². The van der Waals surface area contributed by atoms with Crippen LogP contribution in [0, 0.1) is 0 Å². The van der Waals surface area contributed by atoms with E-state index in [1.165, 1.54) is 0 Å². The molecule has 1 aliphatic carbocycles. The van der Waals surface area contributed by atoms with E-state index in [4.69, 9.17) is 50.8 Å². The molecule has 15 nitrogen and oxygen atoms in total. The second-order valence-electron chi connectivity index (χ2n) is 20.6. The lowest BCUT2D eigenvalue weighted by atomic mass is 9.84. The molecule has 1 aliphatic rings. The Morgan fingerprint density at radius 2 is 0.558 bits per heavy atom. The van der Waals surface area contributed by atoms with Gasteiger partial charge < -0.3 is 29.0 Å². The van der Waals surface area contributed by atoms with Gasteiger partial charge in [0.1, 0.15) is 43.2 Å². The molecular formula is C69H75NO14P2. The number of carbonyl (C=O) groups excluding carboxylic acids is 1. The summed E-state index contributed by atoms with van der Waals surface area (Å²) >= 11 is 0. The van der Waals surface area contributed by atoms with E-state index in [2.05, 4.69) is 5.32 Å². The van der Waals surface area contributed by atoms with Crippen LogP contribution in [0.3, 0.4) is 0 Å². The number of alkyl carbamates (subject to hydrolysis) is 1. The van der Waals surface area contributed by atoms with Crippen LogP contribution in [0.2, 0.25) is 0 Å². The highest BCUT2D eigenvalue weighted by Crippen LogP contribution is 2.58. The highest BCUT2D eigenvalue weighted by Gasteiger charge is 2.59. The number of ether oxygens (including phenoxy) is 5. The van der Waals surface area contributed by atoms with E-state index in [1.54, 1.807) is 0 Å². The lowest BCUT2D eigenvalue weighted by Gasteiger charge is -2.50. The van der Waals surface area contributed by atoms with Crippen LogP contribution < -0.4 is 5.32 Å². The Hall–Kier alpha value is -6.91. The molecule has 8 aromatic rings. The van der Waals surface area contributed by atoms with E-state index in [0.717, 1.165) is 27.8 Å². The largest absolute Gasteiger partial charge is 0.475 e. The molecule has 7 atom stereocenters. The van der Waals surface area contributed by atoms with Gasteiger partial charge in [0.25, 0.3) is 0 Å². The molecule has 0 spiro atoms. The number of hydrogen-bond donors (Lipinski definition) is 1. The number of hydrogen-bond acceptors (Lipinski definition) is 14. The Kier molecular flexibility index (Phi) is 25.5. The SMILES string of the molecule is O=C(NCCCCCCOP(=O)(OCc1ccccc1)O[C@@H]1[C@H](OCc2ccccc2)[C@H](OP(=O)(OCc2ccccc2)OCc2ccccc2)[C@@H](OCc2ccccc2)[C@H](OCc2ccccc2)[C@H]1OCc1ccccc1)OCc1ccccc1. The summed E-state index contributed by atoms with van der Waals surface area (Å²) in [6, 6.07) is 75.8. The van der Waals surface area contributed by atoms with Crippen molar-refractivity contribution in [3.63, 3.8) is 0 Å². The van der Waals surface area contributed by atoms with Crippen molar-refractivity contribution in [1.29, 1.82) is 0 Å². The van der Waals surface area contributed by atoms with Crippen LogP contribution in [-0.4, -0.2) is 55.9 Å². The predicted octanol–water partition coefficient (Wildman–Crippen LogP) is 15.5. The highest BCUT2D eigenvalue weighted by atomic mass is 31.2. The quantitative estimate of drug-likeness (QED) is 0.0295. The van der Waals surface area contributed by atoms with Crippen molar-refractivity contribution in [3.05, 3.63) is 287 Å². The first-order valence-corrected chi connectivity index (χ1v) is 32.0. The zero-order valence-electron chi connectivity index (χ0n) is 48.1. The number of phosphoric ester groups is 2. The molecule has 0 bridgehead atoms. The first-order chi connectivity index (χ1) is 42.3. The number of unbranched alkanes of at least 4 members (excludes halogenated alkanes) is 3. The smallest absolute Gasteiger partial charge is 0.445 e. The molecule has 0 aliphatic heterocycles. The molecule has 1 N–H and O–H groups in total. The third kappa shape index (κ3) is 20.9. The number of amides is 1. The van der Waals surface area contributed by atoms with Crippen LogP contribution in [0.25, 0.3) is 0 Å². The maximum Gasteiger partial charge on any atom is 0.475 e. The standard InChI is InChI=1S/C69H75NO14P2/c71-69(78-51-59-37-19-7-20-38-59)70-45-27-1-2-28-46-79-85(72,80-52-60-39-21-8-22-40-60)83-67-64(75-48-56-31-13-4-14-32-56)63(74-47-55-29-11-3-12-30-55)65(76-49-57-33-15-5-16-34-57)68(66(67)77-50-58-35-17-6-18-36-58)84-86(73,81-53-61-41-23-9-24-42-61)82-54-62-43-25-10-26-44-62/h3-26,29-44,63-68H,1-2,27-28,45-54H2,(H,70,71)/t63-,64-,65+,66+,67+,68-,85?/m1/s1. The zero-order valence-corrected chi connectivity index (χ0v) is 49.9. The van der Waals surface area contributed by atoms with Gasteiger partial charge in [0.2, 0.25) is 0 Å². The Morgan fingerprint density at radius 3 is 0.884 bits per heavy atom.